The Labute approximate surface area is 105 Å². The molecule has 0 saturated carbocycles. The van der Waals surface area contributed by atoms with E-state index < -0.39 is 5.60 Å². The largest absolute Gasteiger partial charge is 0.459 e. The molecule has 1 aliphatic rings. The minimum absolute atomic E-state index is 0.0717. The molecule has 0 aromatic heterocycles. The second kappa shape index (κ2) is 5.67. The molecule has 1 atom stereocenters. The van der Waals surface area contributed by atoms with Crippen LogP contribution in [0.4, 0.5) is 0 Å². The van der Waals surface area contributed by atoms with Crippen LogP contribution in [0.15, 0.2) is 12.2 Å². The van der Waals surface area contributed by atoms with Crippen molar-refractivity contribution in [2.45, 2.75) is 58.6 Å². The van der Waals surface area contributed by atoms with Crippen LogP contribution >= 0.6 is 0 Å². The lowest BCUT2D eigenvalue weighted by molar-refractivity contribution is -0.160. The van der Waals surface area contributed by atoms with Gasteiger partial charge in [-0.15, -0.1) is 0 Å². The van der Waals surface area contributed by atoms with Gasteiger partial charge in [-0.1, -0.05) is 19.1 Å². The first-order valence-corrected chi connectivity index (χ1v) is 6.47. The zero-order valence-corrected chi connectivity index (χ0v) is 11.6. The number of likely N-dealkylation sites (tertiary alicyclic amines) is 1. The molecule has 0 aromatic carbocycles. The molecule has 0 unspecified atom stereocenters. The van der Waals surface area contributed by atoms with E-state index in [1.54, 1.807) is 0 Å². The molecular formula is C14H25NO2. The van der Waals surface area contributed by atoms with Crippen LogP contribution < -0.4 is 0 Å². The first-order chi connectivity index (χ1) is 7.83. The molecule has 0 amide bonds. The molecular weight excluding hydrogens is 214 g/mol. The summed E-state index contributed by atoms with van der Waals surface area (Å²) in [7, 11) is 0. The van der Waals surface area contributed by atoms with Crippen molar-refractivity contribution in [3.8, 4) is 0 Å². The van der Waals surface area contributed by atoms with Gasteiger partial charge >= 0.3 is 5.97 Å². The summed E-state index contributed by atoms with van der Waals surface area (Å²) in [5.41, 5.74) is 0.785. The smallest absolute Gasteiger partial charge is 0.323 e. The summed E-state index contributed by atoms with van der Waals surface area (Å²) < 4.78 is 5.46. The molecule has 1 aliphatic heterocycles. The molecule has 1 fully saturated rings. The van der Waals surface area contributed by atoms with Crippen LogP contribution in [-0.2, 0) is 9.53 Å². The van der Waals surface area contributed by atoms with Gasteiger partial charge in [-0.2, -0.15) is 0 Å². The van der Waals surface area contributed by atoms with Gasteiger partial charge in [0.25, 0.3) is 0 Å². The fourth-order valence-electron chi connectivity index (χ4n) is 2.05. The Bertz CT molecular complexity index is 291. The van der Waals surface area contributed by atoms with Gasteiger partial charge < -0.3 is 4.74 Å². The topological polar surface area (TPSA) is 29.5 Å². The number of esters is 1. The SMILES string of the molecule is C=C(CC)CN1CCC[C@H]1C(=O)OC(C)(C)C. The maximum Gasteiger partial charge on any atom is 0.323 e. The Morgan fingerprint density at radius 1 is 1.47 bits per heavy atom. The highest BCUT2D eigenvalue weighted by atomic mass is 16.6. The lowest BCUT2D eigenvalue weighted by Crippen LogP contribution is -2.41. The van der Waals surface area contributed by atoms with E-state index in [1.165, 1.54) is 5.57 Å². The molecule has 1 heterocycles. The molecule has 3 nitrogen and oxygen atoms in total. The third kappa shape index (κ3) is 4.50. The van der Waals surface area contributed by atoms with Crippen molar-refractivity contribution in [2.24, 2.45) is 0 Å². The van der Waals surface area contributed by atoms with Crippen LogP contribution in [0.5, 0.6) is 0 Å². The molecule has 98 valence electrons. The van der Waals surface area contributed by atoms with Gasteiger partial charge in [0.05, 0.1) is 0 Å². The lowest BCUT2D eigenvalue weighted by atomic mass is 10.1. The second-order valence-corrected chi connectivity index (χ2v) is 5.77. The number of hydrogen-bond donors (Lipinski definition) is 0. The van der Waals surface area contributed by atoms with Crippen molar-refractivity contribution >= 4 is 5.97 Å². The Kier molecular flexibility index (Phi) is 4.75. The average molecular weight is 239 g/mol. The van der Waals surface area contributed by atoms with Gasteiger partial charge in [0.1, 0.15) is 11.6 Å². The van der Waals surface area contributed by atoms with Gasteiger partial charge in [-0.05, 0) is 46.6 Å². The number of hydrogen-bond acceptors (Lipinski definition) is 3. The molecule has 0 aliphatic carbocycles. The van der Waals surface area contributed by atoms with E-state index in [4.69, 9.17) is 4.74 Å². The van der Waals surface area contributed by atoms with Crippen LogP contribution in [0.25, 0.3) is 0 Å². The molecule has 3 heteroatoms. The Balaban J connectivity index is 2.57. The van der Waals surface area contributed by atoms with E-state index in [9.17, 15) is 4.79 Å². The van der Waals surface area contributed by atoms with Crippen LogP contribution in [-0.4, -0.2) is 35.6 Å². The second-order valence-electron chi connectivity index (χ2n) is 5.77. The van der Waals surface area contributed by atoms with E-state index in [0.717, 1.165) is 32.4 Å². The van der Waals surface area contributed by atoms with E-state index in [2.05, 4.69) is 18.4 Å². The molecule has 0 bridgehead atoms. The standard InChI is InChI=1S/C14H25NO2/c1-6-11(2)10-15-9-7-8-12(15)13(16)17-14(3,4)5/h12H,2,6-10H2,1,3-5H3/t12-/m0/s1. The number of carbonyl (C=O) groups excluding carboxylic acids is 1. The zero-order valence-electron chi connectivity index (χ0n) is 11.6. The number of ether oxygens (including phenoxy) is 1. The zero-order chi connectivity index (χ0) is 13.1. The number of nitrogens with zero attached hydrogens (tertiary/aromatic N) is 1. The summed E-state index contributed by atoms with van der Waals surface area (Å²) in [6.07, 6.45) is 2.95. The normalized spacial score (nSPS) is 21.5. The molecule has 1 saturated heterocycles. The quantitative estimate of drug-likeness (QED) is 0.558. The highest BCUT2D eigenvalue weighted by molar-refractivity contribution is 5.76. The molecule has 17 heavy (non-hydrogen) atoms. The minimum atomic E-state index is -0.396. The van der Waals surface area contributed by atoms with Crippen molar-refractivity contribution in [1.29, 1.82) is 0 Å². The van der Waals surface area contributed by atoms with E-state index in [-0.39, 0.29) is 12.0 Å². The average Bonchev–Trinajstić information content (AvgIpc) is 2.63. The maximum atomic E-state index is 12.0. The van der Waals surface area contributed by atoms with E-state index in [1.807, 2.05) is 20.8 Å². The number of carbonyl (C=O) groups is 1. The van der Waals surface area contributed by atoms with Gasteiger partial charge in [0.2, 0.25) is 0 Å². The van der Waals surface area contributed by atoms with Gasteiger partial charge in [0.15, 0.2) is 0 Å². The predicted molar refractivity (Wildman–Crippen MR) is 69.9 cm³/mol. The maximum absolute atomic E-state index is 12.0. The Morgan fingerprint density at radius 3 is 2.65 bits per heavy atom. The van der Waals surface area contributed by atoms with E-state index in [0.29, 0.717) is 0 Å². The van der Waals surface area contributed by atoms with Crippen LogP contribution in [0.2, 0.25) is 0 Å². The van der Waals surface area contributed by atoms with Crippen molar-refractivity contribution in [1.82, 2.24) is 4.90 Å². The fourth-order valence-corrected chi connectivity index (χ4v) is 2.05. The number of rotatable bonds is 4. The Morgan fingerprint density at radius 2 is 2.12 bits per heavy atom. The Hall–Kier alpha value is -0.830. The molecule has 0 N–H and O–H groups in total. The van der Waals surface area contributed by atoms with Gasteiger partial charge in [-0.3, -0.25) is 9.69 Å². The van der Waals surface area contributed by atoms with Crippen molar-refractivity contribution < 1.29 is 9.53 Å². The predicted octanol–water partition coefficient (Wildman–Crippen LogP) is 2.76. The minimum Gasteiger partial charge on any atom is -0.459 e. The first-order valence-electron chi connectivity index (χ1n) is 6.47. The van der Waals surface area contributed by atoms with Gasteiger partial charge in [0, 0.05) is 6.54 Å². The van der Waals surface area contributed by atoms with Crippen molar-refractivity contribution in [3.05, 3.63) is 12.2 Å². The van der Waals surface area contributed by atoms with Crippen molar-refractivity contribution in [2.75, 3.05) is 13.1 Å². The third-order valence-corrected chi connectivity index (χ3v) is 2.97. The van der Waals surface area contributed by atoms with Crippen LogP contribution in [0.1, 0.15) is 47.0 Å². The molecule has 0 radical (unpaired) electrons. The monoisotopic (exact) mass is 239 g/mol. The first kappa shape index (κ1) is 14.2. The summed E-state index contributed by atoms with van der Waals surface area (Å²) in [6, 6.07) is -0.0717. The summed E-state index contributed by atoms with van der Waals surface area (Å²) in [5, 5.41) is 0. The van der Waals surface area contributed by atoms with Crippen LogP contribution in [0, 0.1) is 0 Å². The highest BCUT2D eigenvalue weighted by Gasteiger charge is 2.33. The van der Waals surface area contributed by atoms with Gasteiger partial charge in [-0.25, -0.2) is 0 Å². The lowest BCUT2D eigenvalue weighted by Gasteiger charge is -2.27. The third-order valence-electron chi connectivity index (χ3n) is 2.97. The molecule has 1 rings (SSSR count). The van der Waals surface area contributed by atoms with Crippen LogP contribution in [0.3, 0.4) is 0 Å². The molecule has 0 spiro atoms. The summed E-state index contributed by atoms with van der Waals surface area (Å²) >= 11 is 0. The highest BCUT2D eigenvalue weighted by Crippen LogP contribution is 2.22. The van der Waals surface area contributed by atoms with E-state index >= 15 is 0 Å². The summed E-state index contributed by atoms with van der Waals surface area (Å²) in [4.78, 5) is 14.2. The summed E-state index contributed by atoms with van der Waals surface area (Å²) in [6.45, 7) is 13.6. The fraction of sp³-hybridized carbons (Fsp3) is 0.786. The summed E-state index contributed by atoms with van der Waals surface area (Å²) in [5.74, 6) is -0.0843. The van der Waals surface area contributed by atoms with Crippen molar-refractivity contribution in [3.63, 3.8) is 0 Å². The molecule has 0 aromatic rings.